The molecule has 0 aromatic heterocycles. The van der Waals surface area contributed by atoms with Crippen LogP contribution in [0.4, 0.5) is 0 Å². The lowest BCUT2D eigenvalue weighted by Gasteiger charge is -2.18. The van der Waals surface area contributed by atoms with Gasteiger partial charge in [0.2, 0.25) is 0 Å². The van der Waals surface area contributed by atoms with Gasteiger partial charge in [-0.15, -0.1) is 0 Å². The van der Waals surface area contributed by atoms with E-state index in [1.54, 1.807) is 0 Å². The molecule has 0 spiro atoms. The zero-order valence-corrected chi connectivity index (χ0v) is 45.3. The summed E-state index contributed by atoms with van der Waals surface area (Å²) in [6.07, 6.45) is 74.2. The second-order valence-corrected chi connectivity index (χ2v) is 19.2. The molecule has 0 aliphatic rings. The maximum absolute atomic E-state index is 12.9. The van der Waals surface area contributed by atoms with Gasteiger partial charge < -0.3 is 14.2 Å². The number of carbonyl (C=O) groups is 3. The molecule has 0 rings (SSSR count). The lowest BCUT2D eigenvalue weighted by Crippen LogP contribution is -2.30. The maximum atomic E-state index is 12.9. The number of ether oxygens (including phenoxy) is 3. The molecule has 1 unspecified atom stereocenters. The first kappa shape index (κ1) is 65.6. The molecule has 396 valence electrons. The summed E-state index contributed by atoms with van der Waals surface area (Å²) >= 11 is 0. The van der Waals surface area contributed by atoms with E-state index in [0.29, 0.717) is 19.3 Å². The zero-order valence-electron chi connectivity index (χ0n) is 45.3. The standard InChI is InChI=1S/C63H108O6/c1-4-7-10-13-16-19-22-25-28-30-32-35-38-41-44-47-50-53-56-62(65)68-59-60(58-67-61(64)55-52-49-46-43-40-37-34-27-24-21-18-15-12-9-6-3)69-63(66)57-54-51-48-45-42-39-36-33-31-29-26-23-20-17-14-11-8-5-2/h9,12,18-23,27-31,34,60H,4-8,10-11,13-17,24-26,32-33,35-59H2,1-3H3/b12-9-,21-18-,22-19-,23-20-,30-28-,31-29-,34-27-. The van der Waals surface area contributed by atoms with Gasteiger partial charge in [-0.05, 0) is 116 Å². The molecule has 69 heavy (non-hydrogen) atoms. The van der Waals surface area contributed by atoms with Crippen LogP contribution in [0.3, 0.4) is 0 Å². The third-order valence-corrected chi connectivity index (χ3v) is 12.4. The molecule has 0 bridgehead atoms. The van der Waals surface area contributed by atoms with E-state index < -0.39 is 6.10 Å². The molecular weight excluding hydrogens is 853 g/mol. The summed E-state index contributed by atoms with van der Waals surface area (Å²) in [4.78, 5) is 38.2. The van der Waals surface area contributed by atoms with Crippen LogP contribution in [0.2, 0.25) is 0 Å². The lowest BCUT2D eigenvalue weighted by molar-refractivity contribution is -0.167. The summed E-state index contributed by atoms with van der Waals surface area (Å²) in [7, 11) is 0. The SMILES string of the molecule is CC/C=C\C/C=C\C/C=C\CCCCCCCC(=O)OCC(COC(=O)CCCCCCCCC/C=C\C/C=C\CCCCCC)OC(=O)CCCCCCCCC/C=C\C/C=C\CCCCCC. The van der Waals surface area contributed by atoms with Crippen molar-refractivity contribution in [1.82, 2.24) is 0 Å². The van der Waals surface area contributed by atoms with Gasteiger partial charge in [-0.2, -0.15) is 0 Å². The Morgan fingerprint density at radius 1 is 0.304 bits per heavy atom. The van der Waals surface area contributed by atoms with Crippen LogP contribution in [0.1, 0.15) is 278 Å². The van der Waals surface area contributed by atoms with Crippen molar-refractivity contribution in [2.75, 3.05) is 13.2 Å². The van der Waals surface area contributed by atoms with Gasteiger partial charge in [0, 0.05) is 19.3 Å². The van der Waals surface area contributed by atoms with Crippen LogP contribution in [0.15, 0.2) is 85.1 Å². The summed E-state index contributed by atoms with van der Waals surface area (Å²) in [5.41, 5.74) is 0. The van der Waals surface area contributed by atoms with E-state index in [4.69, 9.17) is 14.2 Å². The van der Waals surface area contributed by atoms with Crippen LogP contribution in [0.25, 0.3) is 0 Å². The Kier molecular flexibility index (Phi) is 54.3. The molecule has 0 saturated carbocycles. The molecule has 1 atom stereocenters. The number of allylic oxidation sites excluding steroid dienone is 14. The van der Waals surface area contributed by atoms with E-state index in [1.807, 2.05) is 0 Å². The molecule has 0 amide bonds. The van der Waals surface area contributed by atoms with Crippen molar-refractivity contribution < 1.29 is 28.6 Å². The van der Waals surface area contributed by atoms with Crippen LogP contribution < -0.4 is 0 Å². The first-order valence-corrected chi connectivity index (χ1v) is 29.1. The summed E-state index contributed by atoms with van der Waals surface area (Å²) in [5.74, 6) is -0.916. The quantitative estimate of drug-likeness (QED) is 0.0262. The third kappa shape index (κ3) is 55.4. The molecule has 0 aromatic carbocycles. The molecule has 0 radical (unpaired) electrons. The van der Waals surface area contributed by atoms with Gasteiger partial charge in [0.15, 0.2) is 6.10 Å². The van der Waals surface area contributed by atoms with Crippen molar-refractivity contribution in [3.05, 3.63) is 85.1 Å². The van der Waals surface area contributed by atoms with Gasteiger partial charge in [0.25, 0.3) is 0 Å². The minimum absolute atomic E-state index is 0.0896. The van der Waals surface area contributed by atoms with Crippen LogP contribution in [0.5, 0.6) is 0 Å². The van der Waals surface area contributed by atoms with Crippen LogP contribution in [0, 0.1) is 0 Å². The zero-order chi connectivity index (χ0) is 50.0. The molecule has 0 aromatic rings. The molecule has 0 saturated heterocycles. The average Bonchev–Trinajstić information content (AvgIpc) is 3.35. The van der Waals surface area contributed by atoms with Gasteiger partial charge in [0.1, 0.15) is 13.2 Å². The smallest absolute Gasteiger partial charge is 0.306 e. The minimum Gasteiger partial charge on any atom is -0.462 e. The third-order valence-electron chi connectivity index (χ3n) is 12.4. The van der Waals surface area contributed by atoms with E-state index >= 15 is 0 Å². The number of esters is 3. The van der Waals surface area contributed by atoms with Gasteiger partial charge in [-0.25, -0.2) is 0 Å². The highest BCUT2D eigenvalue weighted by atomic mass is 16.6. The van der Waals surface area contributed by atoms with E-state index in [-0.39, 0.29) is 31.1 Å². The Balaban J connectivity index is 4.43. The van der Waals surface area contributed by atoms with Gasteiger partial charge in [-0.1, -0.05) is 228 Å². The number of rotatable bonds is 52. The molecule has 6 heteroatoms. The number of unbranched alkanes of at least 4 members (excludes halogenated alkanes) is 27. The molecule has 0 N–H and O–H groups in total. The van der Waals surface area contributed by atoms with E-state index in [9.17, 15) is 14.4 Å². The summed E-state index contributed by atoms with van der Waals surface area (Å²) < 4.78 is 16.9. The Hall–Kier alpha value is -3.41. The lowest BCUT2D eigenvalue weighted by atomic mass is 10.1. The Labute approximate surface area is 426 Å². The number of carbonyl (C=O) groups excluding carboxylic acids is 3. The largest absolute Gasteiger partial charge is 0.462 e. The summed E-state index contributed by atoms with van der Waals surface area (Å²) in [6, 6.07) is 0. The van der Waals surface area contributed by atoms with Crippen molar-refractivity contribution >= 4 is 17.9 Å². The first-order valence-electron chi connectivity index (χ1n) is 29.1. The van der Waals surface area contributed by atoms with E-state index in [2.05, 4.69) is 106 Å². The van der Waals surface area contributed by atoms with E-state index in [1.165, 1.54) is 116 Å². The predicted octanol–water partition coefficient (Wildman–Crippen LogP) is 19.5. The minimum atomic E-state index is -0.793. The molecular formula is C63H108O6. The predicted molar refractivity (Wildman–Crippen MR) is 297 cm³/mol. The highest BCUT2D eigenvalue weighted by Crippen LogP contribution is 2.15. The van der Waals surface area contributed by atoms with Crippen molar-refractivity contribution in [3.8, 4) is 0 Å². The first-order chi connectivity index (χ1) is 34.0. The fraction of sp³-hybridized carbons (Fsp3) is 0.730. The van der Waals surface area contributed by atoms with Crippen molar-refractivity contribution in [2.24, 2.45) is 0 Å². The van der Waals surface area contributed by atoms with Crippen molar-refractivity contribution in [3.63, 3.8) is 0 Å². The molecule has 6 nitrogen and oxygen atoms in total. The summed E-state index contributed by atoms with van der Waals surface area (Å²) in [5, 5.41) is 0. The number of hydrogen-bond acceptors (Lipinski definition) is 6. The fourth-order valence-corrected chi connectivity index (χ4v) is 7.99. The van der Waals surface area contributed by atoms with Crippen LogP contribution >= 0.6 is 0 Å². The Morgan fingerprint density at radius 3 is 0.884 bits per heavy atom. The van der Waals surface area contributed by atoms with Gasteiger partial charge in [-0.3, -0.25) is 14.4 Å². The summed E-state index contributed by atoms with van der Waals surface area (Å²) in [6.45, 7) is 6.48. The van der Waals surface area contributed by atoms with Gasteiger partial charge >= 0.3 is 17.9 Å². The number of hydrogen-bond donors (Lipinski definition) is 0. The van der Waals surface area contributed by atoms with E-state index in [0.717, 1.165) is 122 Å². The van der Waals surface area contributed by atoms with Crippen molar-refractivity contribution in [1.29, 1.82) is 0 Å². The molecule has 0 aliphatic heterocycles. The molecule has 0 heterocycles. The highest BCUT2D eigenvalue weighted by molar-refractivity contribution is 5.71. The Bertz CT molecular complexity index is 1330. The van der Waals surface area contributed by atoms with Crippen LogP contribution in [-0.2, 0) is 28.6 Å². The molecule has 0 aliphatic carbocycles. The van der Waals surface area contributed by atoms with Crippen molar-refractivity contribution in [2.45, 2.75) is 284 Å². The molecule has 0 fully saturated rings. The topological polar surface area (TPSA) is 78.9 Å². The second kappa shape index (κ2) is 57.2. The normalized spacial score (nSPS) is 12.7. The van der Waals surface area contributed by atoms with Crippen LogP contribution in [-0.4, -0.2) is 37.2 Å². The average molecular weight is 962 g/mol. The fourth-order valence-electron chi connectivity index (χ4n) is 7.99. The highest BCUT2D eigenvalue weighted by Gasteiger charge is 2.19. The second-order valence-electron chi connectivity index (χ2n) is 19.2. The maximum Gasteiger partial charge on any atom is 0.306 e. The monoisotopic (exact) mass is 961 g/mol. The van der Waals surface area contributed by atoms with Gasteiger partial charge in [0.05, 0.1) is 0 Å². The Morgan fingerprint density at radius 2 is 0.565 bits per heavy atom.